The van der Waals surface area contributed by atoms with E-state index in [2.05, 4.69) is 19.9 Å². The van der Waals surface area contributed by atoms with Gasteiger partial charge in [-0.3, -0.25) is 4.21 Å². The lowest BCUT2D eigenvalue weighted by Gasteiger charge is -2.17. The van der Waals surface area contributed by atoms with Crippen LogP contribution in [0, 0.1) is 0 Å². The topological polar surface area (TPSA) is 84.0 Å². The molecule has 0 amide bonds. The third-order valence-corrected chi connectivity index (χ3v) is 5.90. The quantitative estimate of drug-likeness (QED) is 0.500. The number of rotatable bonds is 7. The van der Waals surface area contributed by atoms with Gasteiger partial charge in [-0.05, 0) is 5.56 Å². The molecular weight excluding hydrogens is 394 g/mol. The molecule has 3 aromatic heterocycles. The van der Waals surface area contributed by atoms with Crippen molar-refractivity contribution in [2.24, 2.45) is 0 Å². The van der Waals surface area contributed by atoms with Gasteiger partial charge in [0.1, 0.15) is 17.9 Å². The van der Waals surface area contributed by atoms with Gasteiger partial charge in [0.15, 0.2) is 16.7 Å². The average molecular weight is 414 g/mol. The molecule has 7 nitrogen and oxygen atoms in total. The van der Waals surface area contributed by atoms with Crippen LogP contribution in [0.4, 0.5) is 5.82 Å². The molecule has 0 aliphatic heterocycles. The SMILES string of the molecule is CN(C)c1nc(CS(=O)c2nc3cscc3[nH]2)ncc1OCc1ccccc1. The van der Waals surface area contributed by atoms with Gasteiger partial charge in [-0.2, -0.15) is 0 Å². The van der Waals surface area contributed by atoms with Gasteiger partial charge in [0.05, 0.1) is 28.3 Å². The molecule has 1 N–H and O–H groups in total. The number of hydrogen-bond acceptors (Lipinski definition) is 7. The van der Waals surface area contributed by atoms with Gasteiger partial charge in [0, 0.05) is 24.9 Å². The second-order valence-corrected chi connectivity index (χ2v) is 8.46. The Morgan fingerprint density at radius 2 is 2.00 bits per heavy atom. The number of H-pyrrole nitrogens is 1. The summed E-state index contributed by atoms with van der Waals surface area (Å²) in [6.07, 6.45) is 1.64. The van der Waals surface area contributed by atoms with E-state index in [-0.39, 0.29) is 5.75 Å². The summed E-state index contributed by atoms with van der Waals surface area (Å²) >= 11 is 1.56. The normalized spacial score (nSPS) is 12.2. The number of nitrogens with one attached hydrogen (secondary N) is 1. The Bertz CT molecular complexity index is 1080. The van der Waals surface area contributed by atoms with E-state index in [1.54, 1.807) is 17.5 Å². The van der Waals surface area contributed by atoms with Crippen molar-refractivity contribution >= 4 is 39.0 Å². The largest absolute Gasteiger partial charge is 0.483 e. The Morgan fingerprint density at radius 3 is 2.75 bits per heavy atom. The van der Waals surface area contributed by atoms with Gasteiger partial charge in [-0.15, -0.1) is 11.3 Å². The maximum absolute atomic E-state index is 12.7. The Balaban J connectivity index is 1.50. The van der Waals surface area contributed by atoms with Gasteiger partial charge in [-0.25, -0.2) is 15.0 Å². The van der Waals surface area contributed by atoms with E-state index in [0.717, 1.165) is 16.6 Å². The molecule has 3 heterocycles. The lowest BCUT2D eigenvalue weighted by molar-refractivity contribution is 0.304. The number of aromatic amines is 1. The standard InChI is InChI=1S/C19H19N5O2S2/c1-24(2)18-16(26-9-13-6-4-3-5-7-13)8-20-17(23-18)12-28(25)19-21-14-10-27-11-15(14)22-19/h3-8,10-11H,9,12H2,1-2H3,(H,21,22). The molecule has 28 heavy (non-hydrogen) atoms. The van der Waals surface area contributed by atoms with E-state index in [1.807, 2.05) is 60.1 Å². The zero-order chi connectivity index (χ0) is 19.5. The molecule has 9 heteroatoms. The summed E-state index contributed by atoms with van der Waals surface area (Å²) in [6.45, 7) is 0.430. The van der Waals surface area contributed by atoms with Gasteiger partial charge in [0.25, 0.3) is 0 Å². The van der Waals surface area contributed by atoms with Crippen LogP contribution in [0.25, 0.3) is 11.0 Å². The molecule has 1 aromatic carbocycles. The Kier molecular flexibility index (Phi) is 5.36. The van der Waals surface area contributed by atoms with Crippen LogP contribution in [0.15, 0.2) is 52.4 Å². The average Bonchev–Trinajstić information content (AvgIpc) is 3.30. The molecule has 0 spiro atoms. The molecule has 1 atom stereocenters. The number of hydrogen-bond donors (Lipinski definition) is 1. The highest BCUT2D eigenvalue weighted by Crippen LogP contribution is 2.25. The predicted octanol–water partition coefficient (Wildman–Crippen LogP) is 3.37. The number of anilines is 1. The highest BCUT2D eigenvalue weighted by molar-refractivity contribution is 7.84. The molecule has 0 radical (unpaired) electrons. The Labute approximate surface area is 168 Å². The maximum Gasteiger partial charge on any atom is 0.197 e. The summed E-state index contributed by atoms with van der Waals surface area (Å²) in [6, 6.07) is 9.91. The molecule has 0 fully saturated rings. The first-order valence-electron chi connectivity index (χ1n) is 8.60. The first-order valence-corrected chi connectivity index (χ1v) is 10.9. The molecule has 0 aliphatic rings. The fraction of sp³-hybridized carbons (Fsp3) is 0.211. The first-order chi connectivity index (χ1) is 13.6. The van der Waals surface area contributed by atoms with Gasteiger partial charge >= 0.3 is 0 Å². The lowest BCUT2D eigenvalue weighted by Crippen LogP contribution is -2.15. The summed E-state index contributed by atoms with van der Waals surface area (Å²) in [5, 5.41) is 4.31. The minimum absolute atomic E-state index is 0.180. The molecule has 0 saturated heterocycles. The number of thiophene rings is 1. The predicted molar refractivity (Wildman–Crippen MR) is 111 cm³/mol. The van der Waals surface area contributed by atoms with Crippen LogP contribution >= 0.6 is 11.3 Å². The summed E-state index contributed by atoms with van der Waals surface area (Å²) in [7, 11) is 2.42. The molecule has 4 rings (SSSR count). The molecule has 0 aliphatic carbocycles. The zero-order valence-corrected chi connectivity index (χ0v) is 17.1. The Morgan fingerprint density at radius 1 is 1.18 bits per heavy atom. The first kappa shape index (κ1) is 18.6. The fourth-order valence-electron chi connectivity index (χ4n) is 2.64. The monoisotopic (exact) mass is 413 g/mol. The summed E-state index contributed by atoms with van der Waals surface area (Å²) in [5.41, 5.74) is 2.79. The van der Waals surface area contributed by atoms with Crippen molar-refractivity contribution in [3.05, 3.63) is 58.7 Å². The number of benzene rings is 1. The van der Waals surface area contributed by atoms with E-state index in [4.69, 9.17) is 4.74 Å². The molecule has 4 aromatic rings. The van der Waals surface area contributed by atoms with Crippen LogP contribution in [0.5, 0.6) is 5.75 Å². The van der Waals surface area contributed by atoms with Crippen LogP contribution in [-0.2, 0) is 23.2 Å². The molecule has 0 saturated carbocycles. The highest BCUT2D eigenvalue weighted by Gasteiger charge is 2.16. The van der Waals surface area contributed by atoms with Gasteiger partial charge in [-0.1, -0.05) is 30.3 Å². The highest BCUT2D eigenvalue weighted by atomic mass is 32.2. The van der Waals surface area contributed by atoms with Crippen LogP contribution in [0.2, 0.25) is 0 Å². The van der Waals surface area contributed by atoms with Crippen molar-refractivity contribution in [2.45, 2.75) is 17.5 Å². The van der Waals surface area contributed by atoms with E-state index >= 15 is 0 Å². The lowest BCUT2D eigenvalue weighted by atomic mass is 10.2. The number of aromatic nitrogens is 4. The number of fused-ring (bicyclic) bond motifs is 1. The number of ether oxygens (including phenoxy) is 1. The van der Waals surface area contributed by atoms with Crippen molar-refractivity contribution in [1.82, 2.24) is 19.9 Å². The van der Waals surface area contributed by atoms with Crippen molar-refractivity contribution in [3.63, 3.8) is 0 Å². The van der Waals surface area contributed by atoms with Crippen molar-refractivity contribution in [3.8, 4) is 5.75 Å². The van der Waals surface area contributed by atoms with Crippen molar-refractivity contribution in [2.75, 3.05) is 19.0 Å². The smallest absolute Gasteiger partial charge is 0.197 e. The molecule has 0 bridgehead atoms. The third kappa shape index (κ3) is 4.05. The van der Waals surface area contributed by atoms with Gasteiger partial charge in [0.2, 0.25) is 0 Å². The molecule has 1 unspecified atom stereocenters. The van der Waals surface area contributed by atoms with E-state index < -0.39 is 10.8 Å². The zero-order valence-electron chi connectivity index (χ0n) is 15.5. The molecular formula is C19H19N5O2S2. The third-order valence-electron chi connectivity index (χ3n) is 4.03. The summed E-state index contributed by atoms with van der Waals surface area (Å²) in [4.78, 5) is 18.2. The van der Waals surface area contributed by atoms with Gasteiger partial charge < -0.3 is 14.6 Å². The van der Waals surface area contributed by atoms with E-state index in [1.165, 1.54) is 0 Å². The fourth-order valence-corrected chi connectivity index (χ4v) is 4.27. The second-order valence-electron chi connectivity index (χ2n) is 6.35. The molecule has 144 valence electrons. The summed E-state index contributed by atoms with van der Waals surface area (Å²) in [5.74, 6) is 1.90. The van der Waals surface area contributed by atoms with E-state index in [9.17, 15) is 4.21 Å². The van der Waals surface area contributed by atoms with Crippen LogP contribution < -0.4 is 9.64 Å². The minimum Gasteiger partial charge on any atom is -0.483 e. The van der Waals surface area contributed by atoms with Crippen LogP contribution in [0.1, 0.15) is 11.4 Å². The minimum atomic E-state index is -1.35. The Hall–Kier alpha value is -2.78. The number of nitrogens with zero attached hydrogens (tertiary/aromatic N) is 4. The van der Waals surface area contributed by atoms with E-state index in [0.29, 0.717) is 29.2 Å². The van der Waals surface area contributed by atoms with Crippen molar-refractivity contribution in [1.29, 1.82) is 0 Å². The van der Waals surface area contributed by atoms with Crippen LogP contribution in [-0.4, -0.2) is 38.2 Å². The maximum atomic E-state index is 12.7. The summed E-state index contributed by atoms with van der Waals surface area (Å²) < 4.78 is 18.6. The van der Waals surface area contributed by atoms with Crippen molar-refractivity contribution < 1.29 is 8.95 Å². The second kappa shape index (κ2) is 8.07. The number of imidazole rings is 1. The van der Waals surface area contributed by atoms with Crippen LogP contribution in [0.3, 0.4) is 0 Å².